The average molecular weight is 241 g/mol. The molecule has 0 fully saturated rings. The molecule has 1 aliphatic rings. The molecule has 70 valence electrons. The lowest BCUT2D eigenvalue weighted by Gasteiger charge is -2.08. The Morgan fingerprint density at radius 3 is 2.92 bits per heavy atom. The number of hydrogen-bond donors (Lipinski definition) is 0. The molecule has 0 spiro atoms. The number of halogens is 1. The van der Waals surface area contributed by atoms with Crippen molar-refractivity contribution in [3.8, 4) is 0 Å². The van der Waals surface area contributed by atoms with Gasteiger partial charge >= 0.3 is 0 Å². The molecule has 0 amide bonds. The molecule has 1 aromatic rings. The van der Waals surface area contributed by atoms with Crippen LogP contribution in [-0.2, 0) is 18.0 Å². The van der Waals surface area contributed by atoms with E-state index in [0.717, 1.165) is 19.6 Å². The molecule has 1 heterocycles. The summed E-state index contributed by atoms with van der Waals surface area (Å²) < 4.78 is 5.37. The fourth-order valence-corrected chi connectivity index (χ4v) is 1.91. The summed E-state index contributed by atoms with van der Waals surface area (Å²) in [4.78, 5) is 0.485. The van der Waals surface area contributed by atoms with Crippen LogP contribution >= 0.6 is 15.9 Å². The van der Waals surface area contributed by atoms with Gasteiger partial charge in [-0.2, -0.15) is 0 Å². The quantitative estimate of drug-likeness (QED) is 0.719. The predicted octanol–water partition coefficient (Wildman–Crippen LogP) is 3.56. The van der Waals surface area contributed by atoms with Gasteiger partial charge in [0, 0.05) is 4.83 Å². The number of hydrogen-bond acceptors (Lipinski definition) is 1. The maximum absolute atomic E-state index is 5.37. The van der Waals surface area contributed by atoms with Crippen LogP contribution < -0.4 is 0 Å². The van der Waals surface area contributed by atoms with Crippen LogP contribution in [0.1, 0.15) is 34.9 Å². The summed E-state index contributed by atoms with van der Waals surface area (Å²) in [6, 6.07) is 6.63. The van der Waals surface area contributed by atoms with Crippen molar-refractivity contribution in [2.45, 2.75) is 31.4 Å². The van der Waals surface area contributed by atoms with Gasteiger partial charge in [-0.1, -0.05) is 41.1 Å². The highest BCUT2D eigenvalue weighted by atomic mass is 79.9. The Bertz CT molecular complexity index is 309. The van der Waals surface area contributed by atoms with Gasteiger partial charge in [0.1, 0.15) is 0 Å². The van der Waals surface area contributed by atoms with Gasteiger partial charge in [0.15, 0.2) is 0 Å². The van der Waals surface area contributed by atoms with E-state index in [0.29, 0.717) is 4.83 Å². The molecule has 1 aromatic carbocycles. The zero-order valence-electron chi connectivity index (χ0n) is 7.72. The van der Waals surface area contributed by atoms with Gasteiger partial charge in [-0.3, -0.25) is 0 Å². The van der Waals surface area contributed by atoms with E-state index in [2.05, 4.69) is 41.1 Å². The highest BCUT2D eigenvalue weighted by molar-refractivity contribution is 9.09. The third kappa shape index (κ3) is 1.79. The van der Waals surface area contributed by atoms with Gasteiger partial charge in [0.05, 0.1) is 13.2 Å². The zero-order chi connectivity index (χ0) is 9.26. The van der Waals surface area contributed by atoms with Gasteiger partial charge in [0.2, 0.25) is 0 Å². The van der Waals surface area contributed by atoms with Crippen LogP contribution in [-0.4, -0.2) is 0 Å². The van der Waals surface area contributed by atoms with Crippen LogP contribution in [0.25, 0.3) is 0 Å². The zero-order valence-corrected chi connectivity index (χ0v) is 9.30. The highest BCUT2D eigenvalue weighted by Crippen LogP contribution is 2.29. The van der Waals surface area contributed by atoms with E-state index in [9.17, 15) is 0 Å². The minimum absolute atomic E-state index is 0.485. The summed E-state index contributed by atoms with van der Waals surface area (Å²) in [5.74, 6) is 0. The van der Waals surface area contributed by atoms with Gasteiger partial charge in [-0.25, -0.2) is 0 Å². The standard InChI is InChI=1S/C11H13BrO/c1-2-11(12)8-3-4-9-6-13-7-10(9)5-8/h3-5,11H,2,6-7H2,1H3. The van der Waals surface area contributed by atoms with E-state index in [4.69, 9.17) is 4.74 Å². The first-order chi connectivity index (χ1) is 6.31. The number of fused-ring (bicyclic) bond motifs is 1. The van der Waals surface area contributed by atoms with Gasteiger partial charge in [-0.15, -0.1) is 0 Å². The third-order valence-electron chi connectivity index (χ3n) is 2.47. The minimum Gasteiger partial charge on any atom is -0.372 e. The first-order valence-corrected chi connectivity index (χ1v) is 5.56. The molecule has 0 saturated heterocycles. The maximum atomic E-state index is 5.37. The molecule has 1 nitrogen and oxygen atoms in total. The summed E-state index contributed by atoms with van der Waals surface area (Å²) in [7, 11) is 0. The van der Waals surface area contributed by atoms with Gasteiger partial charge < -0.3 is 4.74 Å². The van der Waals surface area contributed by atoms with E-state index >= 15 is 0 Å². The summed E-state index contributed by atoms with van der Waals surface area (Å²) in [5, 5.41) is 0. The molecule has 0 bridgehead atoms. The van der Waals surface area contributed by atoms with Crippen molar-refractivity contribution in [3.05, 3.63) is 34.9 Å². The van der Waals surface area contributed by atoms with Crippen LogP contribution in [0.4, 0.5) is 0 Å². The van der Waals surface area contributed by atoms with E-state index in [1.165, 1.54) is 16.7 Å². The van der Waals surface area contributed by atoms with Crippen molar-refractivity contribution >= 4 is 15.9 Å². The number of ether oxygens (including phenoxy) is 1. The first kappa shape index (κ1) is 9.22. The smallest absolute Gasteiger partial charge is 0.0725 e. The second-order valence-electron chi connectivity index (χ2n) is 3.40. The Balaban J connectivity index is 2.30. The van der Waals surface area contributed by atoms with Crippen LogP contribution in [0.3, 0.4) is 0 Å². The van der Waals surface area contributed by atoms with Crippen molar-refractivity contribution in [1.82, 2.24) is 0 Å². The van der Waals surface area contributed by atoms with Crippen molar-refractivity contribution in [1.29, 1.82) is 0 Å². The number of rotatable bonds is 2. The Labute approximate surface area is 87.2 Å². The largest absolute Gasteiger partial charge is 0.372 e. The lowest BCUT2D eigenvalue weighted by atomic mass is 10.0. The van der Waals surface area contributed by atoms with Gasteiger partial charge in [0.25, 0.3) is 0 Å². The van der Waals surface area contributed by atoms with E-state index < -0.39 is 0 Å². The van der Waals surface area contributed by atoms with Crippen LogP contribution in [0, 0.1) is 0 Å². The molecular formula is C11H13BrO. The fourth-order valence-electron chi connectivity index (χ4n) is 1.62. The molecule has 1 atom stereocenters. The highest BCUT2D eigenvalue weighted by Gasteiger charge is 2.13. The molecule has 0 saturated carbocycles. The average Bonchev–Trinajstić information content (AvgIpc) is 2.63. The SMILES string of the molecule is CCC(Br)c1ccc2c(c1)COC2. The topological polar surface area (TPSA) is 9.23 Å². The Kier molecular flexibility index (Phi) is 2.70. The van der Waals surface area contributed by atoms with Crippen molar-refractivity contribution in [2.24, 2.45) is 0 Å². The third-order valence-corrected chi connectivity index (χ3v) is 3.64. The molecule has 0 N–H and O–H groups in total. The van der Waals surface area contributed by atoms with Crippen LogP contribution in [0.15, 0.2) is 18.2 Å². The summed E-state index contributed by atoms with van der Waals surface area (Å²) in [5.41, 5.74) is 4.07. The molecule has 0 aliphatic carbocycles. The van der Waals surface area contributed by atoms with Crippen LogP contribution in [0.2, 0.25) is 0 Å². The Hall–Kier alpha value is -0.340. The molecule has 0 radical (unpaired) electrons. The maximum Gasteiger partial charge on any atom is 0.0725 e. The normalized spacial score (nSPS) is 17.1. The summed E-state index contributed by atoms with van der Waals surface area (Å²) in [6.07, 6.45) is 1.12. The second kappa shape index (κ2) is 3.81. The van der Waals surface area contributed by atoms with Crippen molar-refractivity contribution in [2.75, 3.05) is 0 Å². The monoisotopic (exact) mass is 240 g/mol. The fraction of sp³-hybridized carbons (Fsp3) is 0.455. The van der Waals surface area contributed by atoms with Gasteiger partial charge in [-0.05, 0) is 23.1 Å². The molecule has 13 heavy (non-hydrogen) atoms. The van der Waals surface area contributed by atoms with E-state index in [-0.39, 0.29) is 0 Å². The first-order valence-electron chi connectivity index (χ1n) is 4.64. The molecule has 2 heteroatoms. The molecule has 1 unspecified atom stereocenters. The molecular weight excluding hydrogens is 228 g/mol. The van der Waals surface area contributed by atoms with Crippen LogP contribution in [0.5, 0.6) is 0 Å². The second-order valence-corrected chi connectivity index (χ2v) is 4.50. The van der Waals surface area contributed by atoms with Crippen molar-refractivity contribution in [3.63, 3.8) is 0 Å². The minimum atomic E-state index is 0.485. The Morgan fingerprint density at radius 1 is 1.38 bits per heavy atom. The number of alkyl halides is 1. The lowest BCUT2D eigenvalue weighted by Crippen LogP contribution is -1.90. The Morgan fingerprint density at radius 2 is 2.15 bits per heavy atom. The van der Waals surface area contributed by atoms with E-state index in [1.807, 2.05) is 0 Å². The summed E-state index contributed by atoms with van der Waals surface area (Å²) >= 11 is 3.65. The van der Waals surface area contributed by atoms with E-state index in [1.54, 1.807) is 0 Å². The summed E-state index contributed by atoms with van der Waals surface area (Å²) in [6.45, 7) is 3.75. The molecule has 1 aliphatic heterocycles. The lowest BCUT2D eigenvalue weighted by molar-refractivity contribution is 0.134. The van der Waals surface area contributed by atoms with Crippen molar-refractivity contribution < 1.29 is 4.74 Å². The molecule has 0 aromatic heterocycles. The number of benzene rings is 1. The molecule has 2 rings (SSSR count). The predicted molar refractivity (Wildman–Crippen MR) is 56.9 cm³/mol.